The molecule has 1 amide bonds. The number of carbonyl (C=O) groups excluding carboxylic acids is 1. The maximum atomic E-state index is 12.6. The van der Waals surface area contributed by atoms with Crippen molar-refractivity contribution >= 4 is 5.91 Å². The summed E-state index contributed by atoms with van der Waals surface area (Å²) < 4.78 is 5.39. The van der Waals surface area contributed by atoms with Crippen molar-refractivity contribution < 1.29 is 9.53 Å². The van der Waals surface area contributed by atoms with Crippen LogP contribution in [0.5, 0.6) is 0 Å². The van der Waals surface area contributed by atoms with E-state index in [1.807, 2.05) is 11.9 Å². The maximum Gasteiger partial charge on any atom is 0.239 e. The lowest BCUT2D eigenvalue weighted by Gasteiger charge is -2.29. The third-order valence-corrected chi connectivity index (χ3v) is 5.41. The van der Waals surface area contributed by atoms with Crippen molar-refractivity contribution in [3.8, 4) is 0 Å². The predicted octanol–water partition coefficient (Wildman–Crippen LogP) is 1.79. The number of nitrogens with one attached hydrogen (secondary N) is 1. The SMILES string of the molecule is CN(CC1CCOCC1)C(=O)C1CC2CCCCC2N1. The van der Waals surface area contributed by atoms with E-state index < -0.39 is 0 Å². The second-order valence-corrected chi connectivity index (χ2v) is 6.88. The zero-order chi connectivity index (χ0) is 13.9. The van der Waals surface area contributed by atoms with Crippen LogP contribution < -0.4 is 5.32 Å². The number of likely N-dealkylation sites (N-methyl/N-ethyl adjacent to an activating group) is 1. The summed E-state index contributed by atoms with van der Waals surface area (Å²) in [4.78, 5) is 14.6. The number of nitrogens with zero attached hydrogens (tertiary/aromatic N) is 1. The normalized spacial score (nSPS) is 34.8. The summed E-state index contributed by atoms with van der Waals surface area (Å²) in [6.07, 6.45) is 8.50. The van der Waals surface area contributed by atoms with E-state index in [4.69, 9.17) is 4.74 Å². The zero-order valence-corrected chi connectivity index (χ0v) is 12.6. The summed E-state index contributed by atoms with van der Waals surface area (Å²) in [7, 11) is 1.97. The van der Waals surface area contributed by atoms with E-state index in [0.29, 0.717) is 17.9 Å². The fourth-order valence-electron chi connectivity index (χ4n) is 4.18. The molecule has 2 heterocycles. The Balaban J connectivity index is 1.50. The van der Waals surface area contributed by atoms with E-state index in [1.54, 1.807) is 0 Å². The van der Waals surface area contributed by atoms with Gasteiger partial charge in [0.2, 0.25) is 5.91 Å². The van der Waals surface area contributed by atoms with Crippen LogP contribution in [0.25, 0.3) is 0 Å². The molecule has 3 aliphatic rings. The Morgan fingerprint density at radius 3 is 2.70 bits per heavy atom. The lowest BCUT2D eigenvalue weighted by atomic mass is 9.85. The van der Waals surface area contributed by atoms with Crippen LogP contribution in [0.1, 0.15) is 44.9 Å². The van der Waals surface area contributed by atoms with Gasteiger partial charge in [-0.15, -0.1) is 0 Å². The molecular formula is C16H28N2O2. The van der Waals surface area contributed by atoms with Gasteiger partial charge in [0.15, 0.2) is 0 Å². The summed E-state index contributed by atoms with van der Waals surface area (Å²) in [6.45, 7) is 2.62. The van der Waals surface area contributed by atoms with E-state index in [1.165, 1.54) is 25.7 Å². The van der Waals surface area contributed by atoms with Gasteiger partial charge in [-0.3, -0.25) is 4.79 Å². The largest absolute Gasteiger partial charge is 0.381 e. The van der Waals surface area contributed by atoms with Crippen LogP contribution >= 0.6 is 0 Å². The van der Waals surface area contributed by atoms with Crippen LogP contribution in [0.4, 0.5) is 0 Å². The van der Waals surface area contributed by atoms with Gasteiger partial charge in [-0.2, -0.15) is 0 Å². The molecular weight excluding hydrogens is 252 g/mol. The zero-order valence-electron chi connectivity index (χ0n) is 12.6. The Morgan fingerprint density at radius 1 is 1.20 bits per heavy atom. The van der Waals surface area contributed by atoms with Crippen molar-refractivity contribution in [3.05, 3.63) is 0 Å². The lowest BCUT2D eigenvalue weighted by Crippen LogP contribution is -2.45. The third-order valence-electron chi connectivity index (χ3n) is 5.41. The van der Waals surface area contributed by atoms with Gasteiger partial charge in [0.1, 0.15) is 0 Å². The highest BCUT2D eigenvalue weighted by Crippen LogP contribution is 2.33. The Labute approximate surface area is 122 Å². The quantitative estimate of drug-likeness (QED) is 0.857. The van der Waals surface area contributed by atoms with Crippen molar-refractivity contribution in [2.24, 2.45) is 11.8 Å². The summed E-state index contributed by atoms with van der Waals surface area (Å²) in [5.41, 5.74) is 0. The van der Waals surface area contributed by atoms with Crippen LogP contribution in [0.3, 0.4) is 0 Å². The standard InChI is InChI=1S/C16H28N2O2/c1-18(11-12-6-8-20-9-7-12)16(19)15-10-13-4-2-3-5-14(13)17-15/h12-15,17H,2-11H2,1H3. The molecule has 1 N–H and O–H groups in total. The van der Waals surface area contributed by atoms with Crippen LogP contribution in [-0.4, -0.2) is 49.7 Å². The summed E-state index contributed by atoms with van der Waals surface area (Å²) in [6, 6.07) is 0.683. The van der Waals surface area contributed by atoms with Gasteiger partial charge in [0, 0.05) is 32.8 Å². The molecule has 3 fully saturated rings. The molecule has 0 aromatic rings. The number of fused-ring (bicyclic) bond motifs is 1. The Morgan fingerprint density at radius 2 is 1.95 bits per heavy atom. The van der Waals surface area contributed by atoms with Gasteiger partial charge < -0.3 is 15.0 Å². The minimum absolute atomic E-state index is 0.0768. The predicted molar refractivity (Wildman–Crippen MR) is 78.5 cm³/mol. The monoisotopic (exact) mass is 280 g/mol. The number of carbonyl (C=O) groups is 1. The number of rotatable bonds is 3. The number of ether oxygens (including phenoxy) is 1. The molecule has 3 atom stereocenters. The highest BCUT2D eigenvalue weighted by molar-refractivity contribution is 5.82. The lowest BCUT2D eigenvalue weighted by molar-refractivity contribution is -0.132. The average Bonchev–Trinajstić information content (AvgIpc) is 2.91. The van der Waals surface area contributed by atoms with Crippen molar-refractivity contribution in [1.82, 2.24) is 10.2 Å². The minimum Gasteiger partial charge on any atom is -0.381 e. The molecule has 20 heavy (non-hydrogen) atoms. The molecule has 114 valence electrons. The second-order valence-electron chi connectivity index (χ2n) is 6.88. The first-order valence-corrected chi connectivity index (χ1v) is 8.33. The Bertz CT molecular complexity index is 327. The molecule has 2 saturated heterocycles. The maximum absolute atomic E-state index is 12.6. The second kappa shape index (κ2) is 6.44. The molecule has 0 aromatic carbocycles. The van der Waals surface area contributed by atoms with Gasteiger partial charge in [-0.05, 0) is 43.9 Å². The van der Waals surface area contributed by atoms with E-state index in [9.17, 15) is 4.79 Å². The van der Waals surface area contributed by atoms with E-state index in [0.717, 1.165) is 44.9 Å². The topological polar surface area (TPSA) is 41.6 Å². The fraction of sp³-hybridized carbons (Fsp3) is 0.938. The van der Waals surface area contributed by atoms with Crippen molar-refractivity contribution in [2.75, 3.05) is 26.8 Å². The molecule has 2 aliphatic heterocycles. The number of hydrogen-bond acceptors (Lipinski definition) is 3. The first kappa shape index (κ1) is 14.3. The molecule has 1 saturated carbocycles. The van der Waals surface area contributed by atoms with Crippen molar-refractivity contribution in [3.63, 3.8) is 0 Å². The Hall–Kier alpha value is -0.610. The Kier molecular flexibility index (Phi) is 4.61. The highest BCUT2D eigenvalue weighted by atomic mass is 16.5. The smallest absolute Gasteiger partial charge is 0.239 e. The molecule has 1 aliphatic carbocycles. The molecule has 3 unspecified atom stereocenters. The van der Waals surface area contributed by atoms with Crippen molar-refractivity contribution in [1.29, 1.82) is 0 Å². The van der Waals surface area contributed by atoms with Gasteiger partial charge in [-0.1, -0.05) is 12.8 Å². The third kappa shape index (κ3) is 3.17. The van der Waals surface area contributed by atoms with Gasteiger partial charge in [0.25, 0.3) is 0 Å². The summed E-state index contributed by atoms with van der Waals surface area (Å²) in [5.74, 6) is 1.68. The van der Waals surface area contributed by atoms with Crippen molar-refractivity contribution in [2.45, 2.75) is 57.0 Å². The highest BCUT2D eigenvalue weighted by Gasteiger charge is 2.39. The van der Waals surface area contributed by atoms with Gasteiger partial charge in [0.05, 0.1) is 6.04 Å². The number of hydrogen-bond donors (Lipinski definition) is 1. The molecule has 4 nitrogen and oxygen atoms in total. The molecule has 0 spiro atoms. The van der Waals surface area contributed by atoms with E-state index in [2.05, 4.69) is 5.32 Å². The van der Waals surface area contributed by atoms with Crippen LogP contribution in [-0.2, 0) is 9.53 Å². The molecule has 0 bridgehead atoms. The van der Waals surface area contributed by atoms with E-state index >= 15 is 0 Å². The molecule has 4 heteroatoms. The minimum atomic E-state index is 0.0768. The van der Waals surface area contributed by atoms with Crippen LogP contribution in [0, 0.1) is 11.8 Å². The first-order valence-electron chi connectivity index (χ1n) is 8.33. The van der Waals surface area contributed by atoms with Gasteiger partial charge >= 0.3 is 0 Å². The first-order chi connectivity index (χ1) is 9.74. The number of amides is 1. The summed E-state index contributed by atoms with van der Waals surface area (Å²) >= 11 is 0. The molecule has 0 aromatic heterocycles. The average molecular weight is 280 g/mol. The molecule has 0 radical (unpaired) electrons. The fourth-order valence-corrected chi connectivity index (χ4v) is 4.18. The van der Waals surface area contributed by atoms with E-state index in [-0.39, 0.29) is 6.04 Å². The molecule has 3 rings (SSSR count). The summed E-state index contributed by atoms with van der Waals surface area (Å²) in [5, 5.41) is 3.59. The van der Waals surface area contributed by atoms with Gasteiger partial charge in [-0.25, -0.2) is 0 Å². The van der Waals surface area contributed by atoms with Crippen LogP contribution in [0.2, 0.25) is 0 Å². The van der Waals surface area contributed by atoms with Crippen LogP contribution in [0.15, 0.2) is 0 Å².